The Kier molecular flexibility index (Phi) is 3.57. The van der Waals surface area contributed by atoms with E-state index in [-0.39, 0.29) is 11.4 Å². The van der Waals surface area contributed by atoms with Crippen molar-refractivity contribution < 1.29 is 8.42 Å². The lowest BCUT2D eigenvalue weighted by Crippen LogP contribution is -2.18. The highest BCUT2D eigenvalue weighted by molar-refractivity contribution is 7.92. The molecule has 2 rings (SSSR count). The Morgan fingerprint density at radius 1 is 1.30 bits per heavy atom. The zero-order valence-corrected chi connectivity index (χ0v) is 12.7. The summed E-state index contributed by atoms with van der Waals surface area (Å²) in [5.74, 6) is 0.371. The molecule has 0 saturated heterocycles. The average Bonchev–Trinajstić information content (AvgIpc) is 2.81. The van der Waals surface area contributed by atoms with Crippen LogP contribution in [0.2, 0.25) is 0 Å². The van der Waals surface area contributed by atoms with Gasteiger partial charge in [-0.2, -0.15) is 10.2 Å². The number of aryl methyl sites for hydroxylation is 3. The highest BCUT2D eigenvalue weighted by Gasteiger charge is 2.25. The number of nitrogens with one attached hydrogen (secondary N) is 1. The van der Waals surface area contributed by atoms with Crippen LogP contribution in [0.4, 0.5) is 5.82 Å². The monoisotopic (exact) mass is 298 g/mol. The van der Waals surface area contributed by atoms with E-state index in [0.717, 1.165) is 0 Å². The predicted octanol–water partition coefficient (Wildman–Crippen LogP) is 0.0299. The van der Waals surface area contributed by atoms with E-state index in [2.05, 4.69) is 14.9 Å². The van der Waals surface area contributed by atoms with Crippen LogP contribution in [0.15, 0.2) is 11.1 Å². The summed E-state index contributed by atoms with van der Waals surface area (Å²) in [6, 6.07) is 0. The van der Waals surface area contributed by atoms with Crippen molar-refractivity contribution in [2.75, 3.05) is 4.72 Å². The first-order chi connectivity index (χ1) is 9.27. The minimum Gasteiger partial charge on any atom is -0.326 e. The number of rotatable bonds is 4. The van der Waals surface area contributed by atoms with Crippen molar-refractivity contribution in [1.82, 2.24) is 19.6 Å². The zero-order valence-electron chi connectivity index (χ0n) is 11.9. The Morgan fingerprint density at radius 2 is 1.95 bits per heavy atom. The molecule has 8 nitrogen and oxygen atoms in total. The van der Waals surface area contributed by atoms with E-state index < -0.39 is 10.0 Å². The smallest absolute Gasteiger partial charge is 0.266 e. The quantitative estimate of drug-likeness (QED) is 0.828. The number of aromatic nitrogens is 4. The van der Waals surface area contributed by atoms with Crippen LogP contribution in [0.1, 0.15) is 17.0 Å². The van der Waals surface area contributed by atoms with Gasteiger partial charge in [-0.05, 0) is 13.8 Å². The average molecular weight is 298 g/mol. The van der Waals surface area contributed by atoms with E-state index in [9.17, 15) is 8.42 Å². The van der Waals surface area contributed by atoms with Gasteiger partial charge in [0.05, 0.1) is 17.6 Å². The van der Waals surface area contributed by atoms with Crippen LogP contribution < -0.4 is 10.5 Å². The van der Waals surface area contributed by atoms with E-state index in [4.69, 9.17) is 5.73 Å². The van der Waals surface area contributed by atoms with Crippen LogP contribution in [0, 0.1) is 13.8 Å². The van der Waals surface area contributed by atoms with Gasteiger partial charge in [0.1, 0.15) is 10.7 Å². The molecule has 20 heavy (non-hydrogen) atoms. The minimum absolute atomic E-state index is 0.184. The fraction of sp³-hybridized carbons (Fsp3) is 0.455. The van der Waals surface area contributed by atoms with Crippen molar-refractivity contribution in [2.45, 2.75) is 25.3 Å². The second-order valence-electron chi connectivity index (χ2n) is 4.58. The molecule has 2 aromatic rings. The number of nitrogens with two attached hydrogens (primary N) is 1. The molecule has 0 aliphatic carbocycles. The van der Waals surface area contributed by atoms with Crippen molar-refractivity contribution in [3.8, 4) is 0 Å². The van der Waals surface area contributed by atoms with Gasteiger partial charge in [0.2, 0.25) is 0 Å². The van der Waals surface area contributed by atoms with Crippen LogP contribution >= 0.6 is 0 Å². The standard InChI is InChI=1S/C11H18N6O2S/c1-7-10(8(2)16(3)14-7)20(18,19)15-11-9(5-12)6-13-17(11)4/h6,15H,5,12H2,1-4H3. The van der Waals surface area contributed by atoms with Crippen LogP contribution in [0.25, 0.3) is 0 Å². The summed E-state index contributed by atoms with van der Waals surface area (Å²) in [6.07, 6.45) is 1.54. The summed E-state index contributed by atoms with van der Waals surface area (Å²) in [5, 5.41) is 8.13. The van der Waals surface area contributed by atoms with Gasteiger partial charge >= 0.3 is 0 Å². The van der Waals surface area contributed by atoms with Gasteiger partial charge in [-0.1, -0.05) is 0 Å². The third-order valence-electron chi connectivity index (χ3n) is 3.18. The summed E-state index contributed by atoms with van der Waals surface area (Å²) in [4.78, 5) is 0.184. The Hall–Kier alpha value is -1.87. The molecule has 3 N–H and O–H groups in total. The number of hydrogen-bond acceptors (Lipinski definition) is 5. The fourth-order valence-electron chi connectivity index (χ4n) is 2.09. The van der Waals surface area contributed by atoms with E-state index in [1.54, 1.807) is 34.1 Å². The Bertz CT molecular complexity index is 743. The van der Waals surface area contributed by atoms with Crippen LogP contribution in [0.3, 0.4) is 0 Å². The SMILES string of the molecule is Cc1nn(C)c(C)c1S(=O)(=O)Nc1c(CN)cnn1C. The first-order valence-electron chi connectivity index (χ1n) is 6.02. The van der Waals surface area contributed by atoms with Gasteiger partial charge in [0, 0.05) is 26.2 Å². The molecular weight excluding hydrogens is 280 g/mol. The van der Waals surface area contributed by atoms with Crippen molar-refractivity contribution in [1.29, 1.82) is 0 Å². The zero-order chi connectivity index (χ0) is 15.1. The van der Waals surface area contributed by atoms with Gasteiger partial charge in [0.15, 0.2) is 0 Å². The van der Waals surface area contributed by atoms with Crippen molar-refractivity contribution in [3.05, 3.63) is 23.1 Å². The maximum absolute atomic E-state index is 12.5. The number of sulfonamides is 1. The van der Waals surface area contributed by atoms with Crippen molar-refractivity contribution >= 4 is 15.8 Å². The molecule has 0 spiro atoms. The summed E-state index contributed by atoms with van der Waals surface area (Å²) < 4.78 is 30.6. The Balaban J connectivity index is 2.49. The maximum Gasteiger partial charge on any atom is 0.266 e. The number of nitrogens with zero attached hydrogens (tertiary/aromatic N) is 4. The molecule has 0 bridgehead atoms. The molecule has 0 atom stereocenters. The number of anilines is 1. The molecule has 9 heteroatoms. The molecule has 0 amide bonds. The largest absolute Gasteiger partial charge is 0.326 e. The molecule has 0 radical (unpaired) electrons. The molecule has 2 heterocycles. The third-order valence-corrected chi connectivity index (χ3v) is 4.77. The van der Waals surface area contributed by atoms with Crippen molar-refractivity contribution in [3.63, 3.8) is 0 Å². The van der Waals surface area contributed by atoms with Gasteiger partial charge in [-0.3, -0.25) is 14.1 Å². The lowest BCUT2D eigenvalue weighted by molar-refractivity contribution is 0.598. The molecule has 0 fully saturated rings. The highest BCUT2D eigenvalue weighted by Crippen LogP contribution is 2.23. The Morgan fingerprint density at radius 3 is 2.45 bits per heavy atom. The van der Waals surface area contributed by atoms with E-state index in [0.29, 0.717) is 22.8 Å². The summed E-state index contributed by atoms with van der Waals surface area (Å²) in [6.45, 7) is 3.58. The normalized spacial score (nSPS) is 11.8. The molecule has 0 saturated carbocycles. The molecule has 110 valence electrons. The van der Waals surface area contributed by atoms with Gasteiger partial charge < -0.3 is 5.73 Å². The van der Waals surface area contributed by atoms with Crippen LogP contribution in [0.5, 0.6) is 0 Å². The lowest BCUT2D eigenvalue weighted by atomic mass is 10.3. The van der Waals surface area contributed by atoms with Crippen molar-refractivity contribution in [2.24, 2.45) is 19.8 Å². The molecule has 0 aliphatic rings. The third kappa shape index (κ3) is 2.29. The second kappa shape index (κ2) is 4.91. The fourth-order valence-corrected chi connectivity index (χ4v) is 3.66. The van der Waals surface area contributed by atoms with E-state index in [1.165, 1.54) is 9.36 Å². The number of hydrogen-bond donors (Lipinski definition) is 2. The Labute approximate surface area is 117 Å². The first kappa shape index (κ1) is 14.5. The summed E-state index contributed by atoms with van der Waals surface area (Å²) in [7, 11) is -0.371. The van der Waals surface area contributed by atoms with Crippen LogP contribution in [-0.4, -0.2) is 28.0 Å². The highest BCUT2D eigenvalue weighted by atomic mass is 32.2. The first-order valence-corrected chi connectivity index (χ1v) is 7.50. The summed E-state index contributed by atoms with van der Waals surface area (Å²) >= 11 is 0. The van der Waals surface area contributed by atoms with Crippen LogP contribution in [-0.2, 0) is 30.7 Å². The predicted molar refractivity (Wildman–Crippen MR) is 74.6 cm³/mol. The van der Waals surface area contributed by atoms with E-state index >= 15 is 0 Å². The topological polar surface area (TPSA) is 108 Å². The molecule has 0 unspecified atom stereocenters. The molecule has 2 aromatic heterocycles. The molecule has 0 aliphatic heterocycles. The maximum atomic E-state index is 12.5. The summed E-state index contributed by atoms with van der Waals surface area (Å²) in [5.41, 5.74) is 7.24. The molecular formula is C11H18N6O2S. The van der Waals surface area contributed by atoms with Gasteiger partial charge in [0.25, 0.3) is 10.0 Å². The van der Waals surface area contributed by atoms with Gasteiger partial charge in [-0.25, -0.2) is 8.42 Å². The molecule has 0 aromatic carbocycles. The second-order valence-corrected chi connectivity index (χ2v) is 6.19. The minimum atomic E-state index is -3.73. The van der Waals surface area contributed by atoms with E-state index in [1.807, 2.05) is 0 Å². The lowest BCUT2D eigenvalue weighted by Gasteiger charge is -2.10. The van der Waals surface area contributed by atoms with Gasteiger partial charge in [-0.15, -0.1) is 0 Å².